The predicted molar refractivity (Wildman–Crippen MR) is 85.7 cm³/mol. The molecule has 0 heterocycles. The van der Waals surface area contributed by atoms with Crippen LogP contribution in [0.4, 0.5) is 0 Å². The average molecular weight is 268 g/mol. The maximum atomic E-state index is 3.68. The average Bonchev–Trinajstić information content (AvgIpc) is 2.39. The van der Waals surface area contributed by atoms with E-state index in [4.69, 9.17) is 0 Å². The van der Waals surface area contributed by atoms with Crippen molar-refractivity contribution in [3.8, 4) is 0 Å². The zero-order valence-corrected chi connectivity index (χ0v) is 13.8. The maximum absolute atomic E-state index is 3.68. The fraction of sp³-hybridized carbons (Fsp3) is 1.00. The zero-order chi connectivity index (χ0) is 14.1. The van der Waals surface area contributed by atoms with E-state index in [-0.39, 0.29) is 0 Å². The van der Waals surface area contributed by atoms with Crippen molar-refractivity contribution in [2.45, 2.75) is 84.2 Å². The topological polar surface area (TPSA) is 15.3 Å². The van der Waals surface area contributed by atoms with Crippen LogP contribution in [0.25, 0.3) is 0 Å². The first-order valence-electron chi connectivity index (χ1n) is 8.57. The molecule has 0 bridgehead atoms. The van der Waals surface area contributed by atoms with Gasteiger partial charge in [0.2, 0.25) is 0 Å². The van der Waals surface area contributed by atoms with Gasteiger partial charge in [-0.15, -0.1) is 0 Å². The Morgan fingerprint density at radius 2 is 1.84 bits per heavy atom. The van der Waals surface area contributed by atoms with Crippen LogP contribution < -0.4 is 5.32 Å². The van der Waals surface area contributed by atoms with Crippen molar-refractivity contribution in [1.82, 2.24) is 10.2 Å². The van der Waals surface area contributed by atoms with Crippen LogP contribution in [0.3, 0.4) is 0 Å². The van der Waals surface area contributed by atoms with E-state index in [1.165, 1.54) is 57.9 Å². The van der Waals surface area contributed by atoms with Crippen molar-refractivity contribution in [2.75, 3.05) is 20.1 Å². The van der Waals surface area contributed by atoms with Gasteiger partial charge in [-0.2, -0.15) is 0 Å². The van der Waals surface area contributed by atoms with Crippen LogP contribution in [0.15, 0.2) is 0 Å². The molecule has 1 N–H and O–H groups in total. The first-order chi connectivity index (χ1) is 9.13. The van der Waals surface area contributed by atoms with Crippen LogP contribution in [-0.4, -0.2) is 37.1 Å². The quantitative estimate of drug-likeness (QED) is 0.635. The molecule has 1 atom stereocenters. The molecule has 1 rings (SSSR count). The van der Waals surface area contributed by atoms with Gasteiger partial charge in [0.25, 0.3) is 0 Å². The summed E-state index contributed by atoms with van der Waals surface area (Å²) in [6, 6.07) is 1.53. The van der Waals surface area contributed by atoms with Crippen LogP contribution >= 0.6 is 0 Å². The zero-order valence-electron chi connectivity index (χ0n) is 13.8. The molecule has 0 aromatic carbocycles. The Kier molecular flexibility index (Phi) is 8.72. The second-order valence-corrected chi connectivity index (χ2v) is 6.75. The lowest BCUT2D eigenvalue weighted by Crippen LogP contribution is -2.40. The Labute approximate surface area is 121 Å². The standard InChI is InChI=1S/C17H36N2/c1-5-6-7-8-16(3)18-13-14-19(4)17-11-9-15(2)10-12-17/h15-18H,5-14H2,1-4H3. The number of hydrogen-bond donors (Lipinski definition) is 1. The summed E-state index contributed by atoms with van der Waals surface area (Å²) in [5.74, 6) is 0.960. The Bertz CT molecular complexity index is 209. The molecule has 19 heavy (non-hydrogen) atoms. The molecule has 0 saturated heterocycles. The van der Waals surface area contributed by atoms with E-state index in [0.29, 0.717) is 6.04 Å². The summed E-state index contributed by atoms with van der Waals surface area (Å²) in [6.45, 7) is 9.36. The van der Waals surface area contributed by atoms with Gasteiger partial charge in [-0.1, -0.05) is 33.1 Å². The lowest BCUT2D eigenvalue weighted by molar-refractivity contribution is 0.169. The van der Waals surface area contributed by atoms with Crippen LogP contribution in [0.1, 0.15) is 72.1 Å². The molecule has 2 nitrogen and oxygen atoms in total. The number of nitrogens with zero attached hydrogens (tertiary/aromatic N) is 1. The highest BCUT2D eigenvalue weighted by Gasteiger charge is 2.21. The van der Waals surface area contributed by atoms with Crippen molar-refractivity contribution < 1.29 is 0 Å². The number of likely N-dealkylation sites (N-methyl/N-ethyl adjacent to an activating group) is 1. The molecule has 1 saturated carbocycles. The van der Waals surface area contributed by atoms with E-state index in [2.05, 4.69) is 38.0 Å². The third kappa shape index (κ3) is 7.31. The highest BCUT2D eigenvalue weighted by molar-refractivity contribution is 4.77. The third-order valence-electron chi connectivity index (χ3n) is 4.81. The molecule has 0 aromatic heterocycles. The summed E-state index contributed by atoms with van der Waals surface area (Å²) in [7, 11) is 2.31. The second kappa shape index (κ2) is 9.77. The number of hydrogen-bond acceptors (Lipinski definition) is 2. The van der Waals surface area contributed by atoms with Crippen LogP contribution in [-0.2, 0) is 0 Å². The smallest absolute Gasteiger partial charge is 0.0107 e. The van der Waals surface area contributed by atoms with Crippen molar-refractivity contribution in [2.24, 2.45) is 5.92 Å². The normalized spacial score (nSPS) is 25.7. The second-order valence-electron chi connectivity index (χ2n) is 6.75. The van der Waals surface area contributed by atoms with Gasteiger partial charge in [-0.3, -0.25) is 0 Å². The molecule has 1 fully saturated rings. The van der Waals surface area contributed by atoms with Crippen LogP contribution in [0.2, 0.25) is 0 Å². The van der Waals surface area contributed by atoms with E-state index in [9.17, 15) is 0 Å². The summed E-state index contributed by atoms with van der Waals surface area (Å²) >= 11 is 0. The van der Waals surface area contributed by atoms with Crippen molar-refractivity contribution in [1.29, 1.82) is 0 Å². The van der Waals surface area contributed by atoms with E-state index in [0.717, 1.165) is 18.5 Å². The minimum atomic E-state index is 0.686. The molecule has 1 aliphatic carbocycles. The summed E-state index contributed by atoms with van der Waals surface area (Å²) in [5, 5.41) is 3.68. The predicted octanol–water partition coefficient (Wildman–Crippen LogP) is 4.06. The van der Waals surface area contributed by atoms with Crippen molar-refractivity contribution >= 4 is 0 Å². The maximum Gasteiger partial charge on any atom is 0.0107 e. The van der Waals surface area contributed by atoms with Crippen LogP contribution in [0.5, 0.6) is 0 Å². The van der Waals surface area contributed by atoms with Gasteiger partial charge >= 0.3 is 0 Å². The molecule has 2 heteroatoms. The van der Waals surface area contributed by atoms with Gasteiger partial charge in [0.05, 0.1) is 0 Å². The largest absolute Gasteiger partial charge is 0.313 e. The van der Waals surface area contributed by atoms with Crippen molar-refractivity contribution in [3.63, 3.8) is 0 Å². The number of rotatable bonds is 9. The SMILES string of the molecule is CCCCCC(C)NCCN(C)C1CCC(C)CC1. The van der Waals surface area contributed by atoms with Crippen molar-refractivity contribution in [3.05, 3.63) is 0 Å². The summed E-state index contributed by atoms with van der Waals surface area (Å²) < 4.78 is 0. The van der Waals surface area contributed by atoms with Gasteiger partial charge in [0.1, 0.15) is 0 Å². The lowest BCUT2D eigenvalue weighted by atomic mass is 9.87. The molecule has 114 valence electrons. The molecule has 1 unspecified atom stereocenters. The highest BCUT2D eigenvalue weighted by Crippen LogP contribution is 2.26. The monoisotopic (exact) mass is 268 g/mol. The van der Waals surface area contributed by atoms with Crippen LogP contribution in [0, 0.1) is 5.92 Å². The summed E-state index contributed by atoms with van der Waals surface area (Å²) in [4.78, 5) is 2.58. The van der Waals surface area contributed by atoms with Gasteiger partial charge in [-0.05, 0) is 52.0 Å². The Morgan fingerprint density at radius 1 is 1.16 bits per heavy atom. The van der Waals surface area contributed by atoms with Gasteiger partial charge in [0.15, 0.2) is 0 Å². The van der Waals surface area contributed by atoms with Gasteiger partial charge < -0.3 is 10.2 Å². The molecule has 0 aliphatic heterocycles. The fourth-order valence-electron chi connectivity index (χ4n) is 3.16. The molecule has 0 amide bonds. The summed E-state index contributed by atoms with van der Waals surface area (Å²) in [6.07, 6.45) is 11.1. The first-order valence-corrected chi connectivity index (χ1v) is 8.57. The fourth-order valence-corrected chi connectivity index (χ4v) is 3.16. The Hall–Kier alpha value is -0.0800. The van der Waals surface area contributed by atoms with Gasteiger partial charge in [-0.25, -0.2) is 0 Å². The molecule has 1 aliphatic rings. The van der Waals surface area contributed by atoms with E-state index in [1.807, 2.05) is 0 Å². The molecule has 0 aromatic rings. The highest BCUT2D eigenvalue weighted by atomic mass is 15.1. The van der Waals surface area contributed by atoms with E-state index >= 15 is 0 Å². The Balaban J connectivity index is 2.04. The summed E-state index contributed by atoms with van der Waals surface area (Å²) in [5.41, 5.74) is 0. The van der Waals surface area contributed by atoms with Gasteiger partial charge in [0, 0.05) is 25.2 Å². The third-order valence-corrected chi connectivity index (χ3v) is 4.81. The first kappa shape index (κ1) is 17.0. The molecule has 0 radical (unpaired) electrons. The lowest BCUT2D eigenvalue weighted by Gasteiger charge is -2.33. The van der Waals surface area contributed by atoms with E-state index < -0.39 is 0 Å². The molecular weight excluding hydrogens is 232 g/mol. The molecule has 0 spiro atoms. The molecular formula is C17H36N2. The van der Waals surface area contributed by atoms with E-state index in [1.54, 1.807) is 0 Å². The minimum absolute atomic E-state index is 0.686. The minimum Gasteiger partial charge on any atom is -0.313 e. The Morgan fingerprint density at radius 3 is 2.47 bits per heavy atom. The number of unbranched alkanes of at least 4 members (excludes halogenated alkanes) is 2. The number of nitrogens with one attached hydrogen (secondary N) is 1.